The quantitative estimate of drug-likeness (QED) is 0.166. The van der Waals surface area contributed by atoms with E-state index in [2.05, 4.69) is 0 Å². The zero-order valence-electron chi connectivity index (χ0n) is 23.0. The van der Waals surface area contributed by atoms with Gasteiger partial charge in [-0.1, -0.05) is 54.1 Å². The molecule has 220 valence electrons. The second-order valence-corrected chi connectivity index (χ2v) is 11.8. The average Bonchev–Trinajstić information content (AvgIpc) is 3.36. The lowest BCUT2D eigenvalue weighted by Crippen LogP contribution is -2.17. The van der Waals surface area contributed by atoms with E-state index in [-0.39, 0.29) is 21.6 Å². The molecule has 1 unspecified atom stereocenters. The minimum atomic E-state index is -2.69. The second-order valence-electron chi connectivity index (χ2n) is 10.1. The van der Waals surface area contributed by atoms with E-state index in [1.807, 2.05) is 6.07 Å². The predicted octanol–water partition coefficient (Wildman–Crippen LogP) is 8.45. The Kier molecular flexibility index (Phi) is 7.84. The summed E-state index contributed by atoms with van der Waals surface area (Å²) >= 11 is 6.53. The highest BCUT2D eigenvalue weighted by molar-refractivity contribution is 7.83. The third kappa shape index (κ3) is 5.18. The van der Waals surface area contributed by atoms with Crippen LogP contribution in [-0.4, -0.2) is 19.0 Å². The first-order valence-corrected chi connectivity index (χ1v) is 14.8. The number of alkyl halides is 2. The number of aromatic nitrogens is 2. The number of nitrogens with zero attached hydrogens (tertiary/aromatic N) is 2. The molecule has 5 nitrogen and oxygen atoms in total. The van der Waals surface area contributed by atoms with Gasteiger partial charge in [0.15, 0.2) is 11.0 Å². The molecule has 6 aromatic rings. The Bertz CT molecular complexity index is 2160. The minimum absolute atomic E-state index is 0.218. The normalized spacial score (nSPS) is 12.1. The van der Waals surface area contributed by atoms with Crippen LogP contribution < -0.4 is 5.56 Å². The van der Waals surface area contributed by atoms with Crippen molar-refractivity contribution in [3.05, 3.63) is 136 Å². The molecule has 0 saturated heterocycles. The molecule has 4 aromatic carbocycles. The number of aldehydes is 1. The molecule has 2 aromatic heterocycles. The van der Waals surface area contributed by atoms with Gasteiger partial charge >= 0.3 is 0 Å². The fraction of sp³-hybridized carbons (Fsp3) is 0.0588. The molecule has 0 bridgehead atoms. The van der Waals surface area contributed by atoms with Crippen molar-refractivity contribution in [3.8, 4) is 33.5 Å². The lowest BCUT2D eigenvalue weighted by molar-refractivity contribution is 0.112. The number of carbonyl (C=O) groups is 1. The van der Waals surface area contributed by atoms with E-state index < -0.39 is 23.2 Å². The van der Waals surface area contributed by atoms with Crippen LogP contribution in [0, 0.1) is 5.82 Å². The zero-order valence-corrected chi connectivity index (χ0v) is 24.6. The highest BCUT2D eigenvalue weighted by Gasteiger charge is 2.26. The Balaban J connectivity index is 1.69. The van der Waals surface area contributed by atoms with E-state index in [1.54, 1.807) is 61.8 Å². The first kappa shape index (κ1) is 29.3. The summed E-state index contributed by atoms with van der Waals surface area (Å²) in [6, 6.07) is 24.5. The van der Waals surface area contributed by atoms with Crippen LogP contribution in [0.1, 0.15) is 22.3 Å². The van der Waals surface area contributed by atoms with Crippen molar-refractivity contribution in [3.63, 3.8) is 0 Å². The second kappa shape index (κ2) is 11.7. The molecule has 0 radical (unpaired) electrons. The fourth-order valence-electron chi connectivity index (χ4n) is 5.24. The number of pyridine rings is 1. The van der Waals surface area contributed by atoms with Gasteiger partial charge in [0.05, 0.1) is 16.1 Å². The maximum Gasteiger partial charge on any atom is 0.263 e. The summed E-state index contributed by atoms with van der Waals surface area (Å²) in [7, 11) is -0.414. The Labute approximate surface area is 257 Å². The number of fused-ring (bicyclic) bond motifs is 1. The number of hydrogen-bond acceptors (Lipinski definition) is 3. The number of halogens is 4. The standard InChI is InChI=1S/C34H22ClF3N2O3S/c1-39-15-3-6-27(34(39)42)31-28-18-24(36)10-14-30(28)40(44(43)25-11-8-21(9-12-25)33(37)38)32(31)23-5-2-4-22(17-23)26-13-7-20(19-41)16-29(26)35/h2-19,33H,1H3. The van der Waals surface area contributed by atoms with Gasteiger partial charge in [0.25, 0.3) is 12.0 Å². The molecule has 0 aliphatic rings. The van der Waals surface area contributed by atoms with Crippen molar-refractivity contribution >= 4 is 39.8 Å². The third-order valence-electron chi connectivity index (χ3n) is 7.36. The van der Waals surface area contributed by atoms with E-state index in [9.17, 15) is 27.0 Å². The molecule has 6 rings (SSSR count). The Morgan fingerprint density at radius 3 is 2.32 bits per heavy atom. The van der Waals surface area contributed by atoms with Crippen LogP contribution in [-0.2, 0) is 18.0 Å². The summed E-state index contributed by atoms with van der Waals surface area (Å²) in [4.78, 5) is 25.0. The molecule has 0 N–H and O–H groups in total. The van der Waals surface area contributed by atoms with Gasteiger partial charge in [0.2, 0.25) is 0 Å². The van der Waals surface area contributed by atoms with Crippen molar-refractivity contribution in [2.24, 2.45) is 7.05 Å². The van der Waals surface area contributed by atoms with Crippen molar-refractivity contribution in [2.75, 3.05) is 0 Å². The van der Waals surface area contributed by atoms with Crippen molar-refractivity contribution in [1.82, 2.24) is 8.54 Å². The lowest BCUT2D eigenvalue weighted by atomic mass is 9.96. The van der Waals surface area contributed by atoms with Gasteiger partial charge in [-0.15, -0.1) is 0 Å². The summed E-state index contributed by atoms with van der Waals surface area (Å²) in [5.41, 5.74) is 3.02. The van der Waals surface area contributed by atoms with Crippen LogP contribution >= 0.6 is 11.6 Å². The van der Waals surface area contributed by atoms with Gasteiger partial charge in [-0.25, -0.2) is 17.4 Å². The van der Waals surface area contributed by atoms with Gasteiger partial charge in [-0.3, -0.25) is 13.6 Å². The Hall–Kier alpha value is -4.73. The summed E-state index contributed by atoms with van der Waals surface area (Å²) < 4.78 is 58.6. The van der Waals surface area contributed by atoms with Crippen LogP contribution in [0.2, 0.25) is 5.02 Å². The van der Waals surface area contributed by atoms with Crippen LogP contribution in [0.15, 0.2) is 113 Å². The smallest absolute Gasteiger partial charge is 0.263 e. The van der Waals surface area contributed by atoms with E-state index in [1.165, 1.54) is 51.0 Å². The SMILES string of the molecule is Cn1cccc(-c2c(-c3cccc(-c4ccc(C=O)cc4Cl)c3)n(S(=O)c3ccc(C(F)F)cc3)c3ccc(F)cc23)c1=O. The summed E-state index contributed by atoms with van der Waals surface area (Å²) in [6.07, 6.45) is -0.404. The van der Waals surface area contributed by atoms with Crippen LogP contribution in [0.4, 0.5) is 13.2 Å². The average molecular weight is 631 g/mol. The third-order valence-corrected chi connectivity index (χ3v) is 9.05. The van der Waals surface area contributed by atoms with Gasteiger partial charge in [0.1, 0.15) is 12.1 Å². The number of carbonyl (C=O) groups excluding carboxylic acids is 1. The monoisotopic (exact) mass is 630 g/mol. The van der Waals surface area contributed by atoms with E-state index in [4.69, 9.17) is 11.6 Å². The summed E-state index contributed by atoms with van der Waals surface area (Å²) in [6.45, 7) is 0. The molecule has 44 heavy (non-hydrogen) atoms. The topological polar surface area (TPSA) is 61.1 Å². The number of aryl methyl sites for hydroxylation is 1. The van der Waals surface area contributed by atoms with E-state index in [0.717, 1.165) is 0 Å². The summed E-state index contributed by atoms with van der Waals surface area (Å²) in [5.74, 6) is -0.557. The summed E-state index contributed by atoms with van der Waals surface area (Å²) in [5, 5.41) is 0.689. The molecule has 0 fully saturated rings. The molecule has 2 heterocycles. The van der Waals surface area contributed by atoms with E-state index in [0.29, 0.717) is 55.7 Å². The zero-order chi connectivity index (χ0) is 31.1. The van der Waals surface area contributed by atoms with Crippen LogP contribution in [0.25, 0.3) is 44.4 Å². The largest absolute Gasteiger partial charge is 0.318 e. The highest BCUT2D eigenvalue weighted by atomic mass is 35.5. The van der Waals surface area contributed by atoms with Crippen molar-refractivity contribution in [1.29, 1.82) is 0 Å². The molecular weight excluding hydrogens is 609 g/mol. The van der Waals surface area contributed by atoms with Gasteiger partial charge in [0, 0.05) is 57.0 Å². The maximum atomic E-state index is 14.8. The molecule has 0 aliphatic heterocycles. The number of benzene rings is 4. The van der Waals surface area contributed by atoms with Gasteiger partial charge in [-0.05, 0) is 60.2 Å². The molecule has 0 spiro atoms. The van der Waals surface area contributed by atoms with E-state index >= 15 is 0 Å². The van der Waals surface area contributed by atoms with Crippen molar-refractivity contribution in [2.45, 2.75) is 11.3 Å². The fourth-order valence-corrected chi connectivity index (χ4v) is 6.82. The number of rotatable bonds is 7. The first-order valence-electron chi connectivity index (χ1n) is 13.3. The molecular formula is C34H22ClF3N2O3S. The molecule has 0 amide bonds. The van der Waals surface area contributed by atoms with Crippen LogP contribution in [0.3, 0.4) is 0 Å². The van der Waals surface area contributed by atoms with Gasteiger partial charge < -0.3 is 4.57 Å². The Morgan fingerprint density at radius 2 is 1.61 bits per heavy atom. The van der Waals surface area contributed by atoms with Crippen LogP contribution in [0.5, 0.6) is 0 Å². The highest BCUT2D eigenvalue weighted by Crippen LogP contribution is 2.43. The van der Waals surface area contributed by atoms with Crippen molar-refractivity contribution < 1.29 is 22.2 Å². The number of hydrogen-bond donors (Lipinski definition) is 0. The maximum absolute atomic E-state index is 14.8. The molecule has 1 atom stereocenters. The first-order chi connectivity index (χ1) is 21.2. The Morgan fingerprint density at radius 1 is 0.864 bits per heavy atom. The van der Waals surface area contributed by atoms with Gasteiger partial charge in [-0.2, -0.15) is 0 Å². The predicted molar refractivity (Wildman–Crippen MR) is 167 cm³/mol. The molecule has 10 heteroatoms. The molecule has 0 saturated carbocycles. The minimum Gasteiger partial charge on any atom is -0.318 e. The molecule has 0 aliphatic carbocycles. The lowest BCUT2D eigenvalue weighted by Gasteiger charge is -2.15.